The molecule has 1 aromatic rings. The molecule has 20 heavy (non-hydrogen) atoms. The van der Waals surface area contributed by atoms with Crippen LogP contribution in [-0.4, -0.2) is 58.5 Å². The summed E-state index contributed by atoms with van der Waals surface area (Å²) in [6.07, 6.45) is 2.61. The van der Waals surface area contributed by atoms with E-state index in [1.807, 2.05) is 0 Å². The molecule has 3 amide bonds. The lowest BCUT2D eigenvalue weighted by Gasteiger charge is -2.37. The quantitative estimate of drug-likeness (QED) is 0.755. The number of amidine groups is 1. The first-order chi connectivity index (χ1) is 9.59. The molecule has 1 atom stereocenters. The van der Waals surface area contributed by atoms with Gasteiger partial charge in [0, 0.05) is 32.1 Å². The maximum atomic E-state index is 12.1. The highest BCUT2D eigenvalue weighted by atomic mass is 16.2. The zero-order valence-electron chi connectivity index (χ0n) is 10.9. The number of carbonyl (C=O) groups excluding carboxylic acids is 2. The minimum Gasteiger partial charge on any atom is -0.300 e. The Balaban J connectivity index is 2.00. The van der Waals surface area contributed by atoms with Gasteiger partial charge in [-0.15, -0.1) is 0 Å². The Bertz CT molecular complexity index is 639. The highest BCUT2D eigenvalue weighted by molar-refractivity contribution is 6.46. The first kappa shape index (κ1) is 12.3. The van der Waals surface area contributed by atoms with E-state index in [-0.39, 0.29) is 5.71 Å². The monoisotopic (exact) mass is 272 g/mol. The number of hydrogen-bond donors (Lipinski definition) is 1. The second kappa shape index (κ2) is 4.41. The number of hydrazone groups is 1. The van der Waals surface area contributed by atoms with Gasteiger partial charge in [-0.3, -0.25) is 25.0 Å². The topological polar surface area (TPSA) is 90.3 Å². The number of rotatable bonds is 1. The van der Waals surface area contributed by atoms with Crippen LogP contribution in [0.1, 0.15) is 5.56 Å². The molecule has 2 aliphatic rings. The molecule has 0 aliphatic carbocycles. The molecular formula is C12H12N6O2. The zero-order chi connectivity index (χ0) is 14.3. The van der Waals surface area contributed by atoms with E-state index in [0.717, 1.165) is 10.5 Å². The van der Waals surface area contributed by atoms with Gasteiger partial charge in [-0.1, -0.05) is 0 Å². The molecule has 1 unspecified atom stereocenters. The number of urea groups is 1. The summed E-state index contributed by atoms with van der Waals surface area (Å²) >= 11 is 0. The summed E-state index contributed by atoms with van der Waals surface area (Å²) in [5.41, 5.74) is 3.79. The van der Waals surface area contributed by atoms with Crippen LogP contribution in [0.25, 0.3) is 0 Å². The van der Waals surface area contributed by atoms with E-state index < -0.39 is 18.1 Å². The Kier molecular flexibility index (Phi) is 2.70. The van der Waals surface area contributed by atoms with Crippen molar-refractivity contribution in [3.8, 4) is 0 Å². The second-order valence-corrected chi connectivity index (χ2v) is 4.46. The molecule has 8 nitrogen and oxygen atoms in total. The van der Waals surface area contributed by atoms with Gasteiger partial charge in [-0.25, -0.2) is 9.79 Å². The summed E-state index contributed by atoms with van der Waals surface area (Å²) in [7, 11) is 3.02. The molecule has 1 fully saturated rings. The van der Waals surface area contributed by atoms with Gasteiger partial charge in [0.1, 0.15) is 0 Å². The lowest BCUT2D eigenvalue weighted by Crippen LogP contribution is -2.64. The van der Waals surface area contributed by atoms with Crippen molar-refractivity contribution in [3.05, 3.63) is 30.1 Å². The number of nitrogens with zero attached hydrogens (tertiary/aromatic N) is 5. The molecule has 3 rings (SSSR count). The first-order valence-corrected chi connectivity index (χ1v) is 5.96. The molecule has 2 aliphatic heterocycles. The van der Waals surface area contributed by atoms with Gasteiger partial charge in [-0.2, -0.15) is 5.10 Å². The fourth-order valence-corrected chi connectivity index (χ4v) is 2.05. The fraction of sp³-hybridized carbons (Fsp3) is 0.250. The van der Waals surface area contributed by atoms with Crippen LogP contribution in [0, 0.1) is 0 Å². The number of aliphatic imine (C=N–C) groups is 1. The van der Waals surface area contributed by atoms with Gasteiger partial charge < -0.3 is 0 Å². The Morgan fingerprint density at radius 1 is 1.20 bits per heavy atom. The van der Waals surface area contributed by atoms with Crippen LogP contribution in [0.2, 0.25) is 0 Å². The number of amides is 3. The lowest BCUT2D eigenvalue weighted by atomic mass is 10.1. The molecule has 1 aromatic heterocycles. The summed E-state index contributed by atoms with van der Waals surface area (Å²) in [6.45, 7) is 0. The normalized spacial score (nSPS) is 22.0. The Labute approximate surface area is 114 Å². The molecular weight excluding hydrogens is 260 g/mol. The third-order valence-corrected chi connectivity index (χ3v) is 3.22. The Morgan fingerprint density at radius 2 is 1.90 bits per heavy atom. The number of pyridine rings is 1. The van der Waals surface area contributed by atoms with E-state index in [2.05, 4.69) is 20.5 Å². The highest BCUT2D eigenvalue weighted by Gasteiger charge is 2.42. The van der Waals surface area contributed by atoms with Crippen molar-refractivity contribution < 1.29 is 9.59 Å². The van der Waals surface area contributed by atoms with Crippen LogP contribution in [0.15, 0.2) is 34.6 Å². The molecule has 1 N–H and O–H groups in total. The maximum absolute atomic E-state index is 12.1. The minimum atomic E-state index is -0.628. The number of aromatic nitrogens is 1. The third kappa shape index (κ3) is 1.73. The van der Waals surface area contributed by atoms with Crippen molar-refractivity contribution >= 4 is 23.5 Å². The fourth-order valence-electron chi connectivity index (χ4n) is 2.05. The van der Waals surface area contributed by atoms with Crippen LogP contribution < -0.4 is 5.43 Å². The van der Waals surface area contributed by atoms with Crippen molar-refractivity contribution in [3.63, 3.8) is 0 Å². The molecule has 0 bridgehead atoms. The van der Waals surface area contributed by atoms with E-state index in [1.165, 1.54) is 11.9 Å². The van der Waals surface area contributed by atoms with E-state index in [1.54, 1.807) is 31.6 Å². The molecule has 1 saturated heterocycles. The van der Waals surface area contributed by atoms with E-state index in [9.17, 15) is 9.59 Å². The summed E-state index contributed by atoms with van der Waals surface area (Å²) in [6, 6.07) is 3.10. The summed E-state index contributed by atoms with van der Waals surface area (Å²) in [5, 5.41) is 4.12. The van der Waals surface area contributed by atoms with Crippen molar-refractivity contribution in [2.45, 2.75) is 6.17 Å². The second-order valence-electron chi connectivity index (χ2n) is 4.46. The molecule has 102 valence electrons. The van der Waals surface area contributed by atoms with Gasteiger partial charge in [-0.05, 0) is 12.1 Å². The average molecular weight is 272 g/mol. The van der Waals surface area contributed by atoms with Crippen molar-refractivity contribution in [1.29, 1.82) is 0 Å². The predicted octanol–water partition coefficient (Wildman–Crippen LogP) is -0.363. The van der Waals surface area contributed by atoms with Crippen LogP contribution in [-0.2, 0) is 4.79 Å². The molecule has 0 spiro atoms. The van der Waals surface area contributed by atoms with Crippen LogP contribution >= 0.6 is 0 Å². The largest absolute Gasteiger partial charge is 0.328 e. The van der Waals surface area contributed by atoms with Crippen molar-refractivity contribution in [2.75, 3.05) is 14.1 Å². The lowest BCUT2D eigenvalue weighted by molar-refractivity contribution is -0.122. The Hall–Kier alpha value is -2.77. The van der Waals surface area contributed by atoms with E-state index >= 15 is 0 Å². The number of imide groups is 1. The SMILES string of the molecule is CN1C(=O)C2=NC(c3ccncc3)=NNC2N(C)C1=O. The Morgan fingerprint density at radius 3 is 2.60 bits per heavy atom. The van der Waals surface area contributed by atoms with Gasteiger partial charge in [0.15, 0.2) is 17.7 Å². The van der Waals surface area contributed by atoms with Crippen LogP contribution in [0.3, 0.4) is 0 Å². The number of carbonyl (C=O) groups is 2. The van der Waals surface area contributed by atoms with Crippen molar-refractivity contribution in [1.82, 2.24) is 20.2 Å². The smallest absolute Gasteiger partial charge is 0.300 e. The standard InChI is InChI=1S/C12H12N6O2/c1-17-10-8(11(19)18(2)12(17)20)14-9(15-16-10)7-3-5-13-6-4-7/h3-6,10,16H,1-2H3. The predicted molar refractivity (Wildman–Crippen MR) is 71.1 cm³/mol. The van der Waals surface area contributed by atoms with Gasteiger partial charge in [0.05, 0.1) is 0 Å². The summed E-state index contributed by atoms with van der Waals surface area (Å²) < 4.78 is 0. The number of hydrogen-bond acceptors (Lipinski definition) is 6. The highest BCUT2D eigenvalue weighted by Crippen LogP contribution is 2.15. The van der Waals surface area contributed by atoms with Crippen LogP contribution in [0.4, 0.5) is 4.79 Å². The van der Waals surface area contributed by atoms with Crippen LogP contribution in [0.5, 0.6) is 0 Å². The van der Waals surface area contributed by atoms with Gasteiger partial charge >= 0.3 is 6.03 Å². The summed E-state index contributed by atoms with van der Waals surface area (Å²) in [4.78, 5) is 34.6. The third-order valence-electron chi connectivity index (χ3n) is 3.22. The number of fused-ring (bicyclic) bond motifs is 1. The average Bonchev–Trinajstić information content (AvgIpc) is 2.51. The van der Waals surface area contributed by atoms with Crippen molar-refractivity contribution in [2.24, 2.45) is 10.1 Å². The zero-order valence-corrected chi connectivity index (χ0v) is 10.9. The van der Waals surface area contributed by atoms with Gasteiger partial charge in [0.25, 0.3) is 5.91 Å². The first-order valence-electron chi connectivity index (χ1n) is 5.96. The maximum Gasteiger partial charge on any atom is 0.328 e. The van der Waals surface area contributed by atoms with E-state index in [4.69, 9.17) is 0 Å². The molecule has 0 radical (unpaired) electrons. The summed E-state index contributed by atoms with van der Waals surface area (Å²) in [5.74, 6) is -0.0322. The molecule has 0 aromatic carbocycles. The van der Waals surface area contributed by atoms with Gasteiger partial charge in [0.2, 0.25) is 0 Å². The number of nitrogens with one attached hydrogen (secondary N) is 1. The van der Waals surface area contributed by atoms with E-state index in [0.29, 0.717) is 5.84 Å². The molecule has 0 saturated carbocycles. The minimum absolute atomic E-state index is 0.247. The molecule has 8 heteroatoms. The molecule has 3 heterocycles.